The fourth-order valence-corrected chi connectivity index (χ4v) is 5.09. The molecule has 4 heterocycles. The summed E-state index contributed by atoms with van der Waals surface area (Å²) < 4.78 is 0. The zero-order chi connectivity index (χ0) is 16.7. The van der Waals surface area contributed by atoms with Crippen molar-refractivity contribution in [3.8, 4) is 10.4 Å². The zero-order valence-electron chi connectivity index (χ0n) is 14.3. The normalized spacial score (nSPS) is 28.8. The van der Waals surface area contributed by atoms with Gasteiger partial charge in [0.25, 0.3) is 5.91 Å². The molecule has 2 atom stereocenters. The number of nitrogens with one attached hydrogen (secondary N) is 1. The van der Waals surface area contributed by atoms with E-state index in [1.54, 1.807) is 11.3 Å². The topological polar surface area (TPSA) is 32.3 Å². The average molecular weight is 340 g/mol. The highest BCUT2D eigenvalue weighted by molar-refractivity contribution is 7.17. The highest BCUT2D eigenvalue weighted by Crippen LogP contribution is 2.33. The number of fused-ring (bicyclic) bond motifs is 3. The number of hydrogen-bond donors (Lipinski definition) is 1. The number of aryl methyl sites for hydroxylation is 1. The van der Waals surface area contributed by atoms with E-state index in [2.05, 4.69) is 54.4 Å². The molecular formula is C20H24N2OS. The van der Waals surface area contributed by atoms with Crippen LogP contribution in [0.1, 0.15) is 35.0 Å². The number of hydrogen-bond acceptors (Lipinski definition) is 3. The van der Waals surface area contributed by atoms with Crippen LogP contribution in [0.5, 0.6) is 0 Å². The molecule has 2 unspecified atom stereocenters. The van der Waals surface area contributed by atoms with Crippen molar-refractivity contribution in [2.24, 2.45) is 5.92 Å². The Kier molecular flexibility index (Phi) is 4.19. The highest BCUT2D eigenvalue weighted by atomic mass is 32.1. The van der Waals surface area contributed by atoms with Gasteiger partial charge >= 0.3 is 0 Å². The van der Waals surface area contributed by atoms with Crippen LogP contribution in [-0.4, -0.2) is 36.0 Å². The van der Waals surface area contributed by atoms with E-state index in [9.17, 15) is 4.79 Å². The highest BCUT2D eigenvalue weighted by Gasteiger charge is 2.40. The molecule has 3 fully saturated rings. The predicted molar refractivity (Wildman–Crippen MR) is 99.5 cm³/mol. The van der Waals surface area contributed by atoms with Crippen molar-refractivity contribution in [1.82, 2.24) is 10.2 Å². The van der Waals surface area contributed by atoms with Crippen LogP contribution < -0.4 is 5.32 Å². The standard InChI is InChI=1S/C20H24N2OS/c1-13-4-3-5-16(12-13)17-6-7-18(24-17)20(23)21-19-14(2)22-10-8-15(19)9-11-22/h3-7,12,14-15,19H,8-11H2,1-2H3,(H,21,23). The van der Waals surface area contributed by atoms with Gasteiger partial charge in [0.2, 0.25) is 0 Å². The summed E-state index contributed by atoms with van der Waals surface area (Å²) in [5.41, 5.74) is 2.43. The van der Waals surface area contributed by atoms with Gasteiger partial charge in [-0.25, -0.2) is 0 Å². The number of piperidine rings is 3. The summed E-state index contributed by atoms with van der Waals surface area (Å²) >= 11 is 1.59. The van der Waals surface area contributed by atoms with Crippen LogP contribution in [0.25, 0.3) is 10.4 Å². The lowest BCUT2D eigenvalue weighted by molar-refractivity contribution is 0.0218. The van der Waals surface area contributed by atoms with Crippen molar-refractivity contribution in [3.63, 3.8) is 0 Å². The maximum atomic E-state index is 12.7. The lowest BCUT2D eigenvalue weighted by Gasteiger charge is -2.49. The molecule has 3 saturated heterocycles. The molecular weight excluding hydrogens is 316 g/mol. The van der Waals surface area contributed by atoms with E-state index >= 15 is 0 Å². The van der Waals surface area contributed by atoms with Crippen molar-refractivity contribution < 1.29 is 4.79 Å². The van der Waals surface area contributed by atoms with Crippen molar-refractivity contribution in [3.05, 3.63) is 46.8 Å². The van der Waals surface area contributed by atoms with E-state index < -0.39 is 0 Å². The third-order valence-corrected chi connectivity index (χ3v) is 6.74. The van der Waals surface area contributed by atoms with Crippen LogP contribution in [-0.2, 0) is 0 Å². The summed E-state index contributed by atoms with van der Waals surface area (Å²) in [6, 6.07) is 13.2. The number of nitrogens with zero attached hydrogens (tertiary/aromatic N) is 1. The molecule has 3 nitrogen and oxygen atoms in total. The Labute approximate surface area is 147 Å². The monoisotopic (exact) mass is 340 g/mol. The van der Waals surface area contributed by atoms with Gasteiger partial charge in [0, 0.05) is 17.0 Å². The van der Waals surface area contributed by atoms with Gasteiger partial charge in [-0.05, 0) is 63.4 Å². The molecule has 126 valence electrons. The van der Waals surface area contributed by atoms with E-state index in [1.165, 1.54) is 37.1 Å². The minimum Gasteiger partial charge on any atom is -0.347 e. The number of rotatable bonds is 3. The minimum absolute atomic E-state index is 0.0875. The number of amides is 1. The zero-order valence-corrected chi connectivity index (χ0v) is 15.1. The van der Waals surface area contributed by atoms with Gasteiger partial charge in [-0.1, -0.05) is 29.8 Å². The maximum absolute atomic E-state index is 12.7. The number of carbonyl (C=O) groups excluding carboxylic acids is 1. The second-order valence-corrected chi connectivity index (χ2v) is 8.23. The first kappa shape index (κ1) is 15.9. The Bertz CT molecular complexity index is 744. The van der Waals surface area contributed by atoms with Gasteiger partial charge in [-0.2, -0.15) is 0 Å². The summed E-state index contributed by atoms with van der Waals surface area (Å²) in [4.78, 5) is 17.2. The first-order chi connectivity index (χ1) is 11.6. The fourth-order valence-electron chi connectivity index (χ4n) is 4.18. The lowest BCUT2D eigenvalue weighted by atomic mass is 9.79. The number of thiophene rings is 1. The van der Waals surface area contributed by atoms with Crippen LogP contribution >= 0.6 is 11.3 Å². The first-order valence-electron chi connectivity index (χ1n) is 8.83. The van der Waals surface area contributed by atoms with Crippen LogP contribution in [0.15, 0.2) is 36.4 Å². The van der Waals surface area contributed by atoms with Crippen molar-refractivity contribution in [1.29, 1.82) is 0 Å². The number of benzene rings is 1. The quantitative estimate of drug-likeness (QED) is 0.918. The van der Waals surface area contributed by atoms with Crippen molar-refractivity contribution in [2.45, 2.75) is 38.8 Å². The Morgan fingerprint density at radius 3 is 2.71 bits per heavy atom. The molecule has 1 aromatic carbocycles. The van der Waals surface area contributed by atoms with E-state index in [0.29, 0.717) is 18.0 Å². The van der Waals surface area contributed by atoms with Crippen LogP contribution in [0, 0.1) is 12.8 Å². The molecule has 3 aliphatic heterocycles. The number of carbonyl (C=O) groups is 1. The van der Waals surface area contributed by atoms with E-state index in [0.717, 1.165) is 9.75 Å². The molecule has 1 amide bonds. The molecule has 0 radical (unpaired) electrons. The largest absolute Gasteiger partial charge is 0.347 e. The van der Waals surface area contributed by atoms with Crippen LogP contribution in [0.4, 0.5) is 0 Å². The maximum Gasteiger partial charge on any atom is 0.261 e. The fraction of sp³-hybridized carbons (Fsp3) is 0.450. The third kappa shape index (κ3) is 2.89. The molecule has 1 aromatic heterocycles. The average Bonchev–Trinajstić information content (AvgIpc) is 3.09. The van der Waals surface area contributed by atoms with E-state index in [1.807, 2.05) is 6.07 Å². The SMILES string of the molecule is Cc1cccc(-c2ccc(C(=O)NC3C4CCN(CC4)C3C)s2)c1. The van der Waals surface area contributed by atoms with Gasteiger partial charge in [0.15, 0.2) is 0 Å². The molecule has 3 aliphatic rings. The minimum atomic E-state index is 0.0875. The van der Waals surface area contributed by atoms with Gasteiger partial charge in [0.1, 0.15) is 0 Å². The summed E-state index contributed by atoms with van der Waals surface area (Å²) in [5.74, 6) is 0.731. The molecule has 1 N–H and O–H groups in total. The summed E-state index contributed by atoms with van der Waals surface area (Å²) in [6.45, 7) is 6.73. The van der Waals surface area contributed by atoms with Gasteiger partial charge < -0.3 is 5.32 Å². The van der Waals surface area contributed by atoms with Crippen LogP contribution in [0.2, 0.25) is 0 Å². The first-order valence-corrected chi connectivity index (χ1v) is 9.65. The molecule has 24 heavy (non-hydrogen) atoms. The molecule has 0 saturated carbocycles. The van der Waals surface area contributed by atoms with E-state index in [-0.39, 0.29) is 5.91 Å². The lowest BCUT2D eigenvalue weighted by Crippen LogP contribution is -2.62. The van der Waals surface area contributed by atoms with Crippen LogP contribution in [0.3, 0.4) is 0 Å². The predicted octanol–water partition coefficient (Wildman–Crippen LogP) is 3.94. The van der Waals surface area contributed by atoms with E-state index in [4.69, 9.17) is 0 Å². The van der Waals surface area contributed by atoms with Crippen molar-refractivity contribution >= 4 is 17.2 Å². The van der Waals surface area contributed by atoms with Gasteiger partial charge in [-0.15, -0.1) is 11.3 Å². The molecule has 4 heteroatoms. The Morgan fingerprint density at radius 1 is 1.21 bits per heavy atom. The smallest absolute Gasteiger partial charge is 0.261 e. The Balaban J connectivity index is 1.49. The molecule has 2 aromatic rings. The van der Waals surface area contributed by atoms with Crippen molar-refractivity contribution in [2.75, 3.05) is 13.1 Å². The Hall–Kier alpha value is -1.65. The third-order valence-electron chi connectivity index (χ3n) is 5.61. The molecule has 5 rings (SSSR count). The summed E-state index contributed by atoms with van der Waals surface area (Å²) in [7, 11) is 0. The summed E-state index contributed by atoms with van der Waals surface area (Å²) in [6.07, 6.45) is 2.43. The molecule has 0 aliphatic carbocycles. The second-order valence-electron chi connectivity index (χ2n) is 7.15. The molecule has 2 bridgehead atoms. The van der Waals surface area contributed by atoms with Gasteiger partial charge in [0.05, 0.1) is 4.88 Å². The Morgan fingerprint density at radius 2 is 2.00 bits per heavy atom. The summed E-state index contributed by atoms with van der Waals surface area (Å²) in [5, 5.41) is 3.32. The second kappa shape index (κ2) is 6.34. The molecule has 0 spiro atoms. The van der Waals surface area contributed by atoms with Gasteiger partial charge in [-0.3, -0.25) is 9.69 Å².